The molecular weight excluding hydrogens is 329 g/mol. The summed E-state index contributed by atoms with van der Waals surface area (Å²) in [4.78, 5) is 20.7. The fraction of sp³-hybridized carbons (Fsp3) is 0.312. The van der Waals surface area contributed by atoms with Crippen molar-refractivity contribution in [2.45, 2.75) is 12.8 Å². The Kier molecular flexibility index (Phi) is 4.86. The lowest BCUT2D eigenvalue weighted by Crippen LogP contribution is -2.26. The van der Waals surface area contributed by atoms with Gasteiger partial charge in [0.15, 0.2) is 0 Å². The third-order valence-corrected chi connectivity index (χ3v) is 4.62. The number of aromatic nitrogens is 3. The molecule has 0 fully saturated rings. The minimum absolute atomic E-state index is 0.209. The van der Waals surface area contributed by atoms with E-state index in [9.17, 15) is 9.18 Å². The van der Waals surface area contributed by atoms with Crippen LogP contribution in [0.2, 0.25) is 0 Å². The number of thiazole rings is 1. The third-order valence-electron chi connectivity index (χ3n) is 3.71. The van der Waals surface area contributed by atoms with Crippen LogP contribution in [-0.2, 0) is 19.9 Å². The molecule has 1 amide bonds. The predicted octanol–water partition coefficient (Wildman–Crippen LogP) is 1.64. The van der Waals surface area contributed by atoms with Gasteiger partial charge in [0.25, 0.3) is 5.91 Å². The van der Waals surface area contributed by atoms with Crippen LogP contribution in [0.4, 0.5) is 4.39 Å². The van der Waals surface area contributed by atoms with E-state index in [0.29, 0.717) is 37.1 Å². The van der Waals surface area contributed by atoms with Crippen LogP contribution in [0.1, 0.15) is 21.3 Å². The molecule has 0 atom stereocenters. The Morgan fingerprint density at radius 3 is 3.00 bits per heavy atom. The molecule has 24 heavy (non-hydrogen) atoms. The first kappa shape index (κ1) is 16.5. The summed E-state index contributed by atoms with van der Waals surface area (Å²) in [6.45, 7) is 0.949. The van der Waals surface area contributed by atoms with Gasteiger partial charge < -0.3 is 15.6 Å². The van der Waals surface area contributed by atoms with Gasteiger partial charge in [-0.25, -0.2) is 14.4 Å². The summed E-state index contributed by atoms with van der Waals surface area (Å²) in [5, 5.41) is 5.43. The van der Waals surface area contributed by atoms with Gasteiger partial charge in [-0.05, 0) is 18.7 Å². The van der Waals surface area contributed by atoms with E-state index in [-0.39, 0.29) is 11.7 Å². The molecule has 0 saturated carbocycles. The number of nitrogens with zero attached hydrogens (tertiary/aromatic N) is 3. The van der Waals surface area contributed by atoms with Gasteiger partial charge in [0.05, 0.1) is 16.0 Å². The molecule has 2 aromatic heterocycles. The smallest absolute Gasteiger partial charge is 0.270 e. The highest BCUT2D eigenvalue weighted by Crippen LogP contribution is 2.16. The first-order valence-corrected chi connectivity index (χ1v) is 8.50. The molecule has 0 unspecified atom stereocenters. The standard InChI is InChI=1S/C16H18FN5OS/c1-22-13-3-2-10(17)8-11(13)20-14(22)5-7-19-16(23)12-9-24-15(21-12)4-6-18/h2-3,8-9H,4-7,18H2,1H3,(H,19,23). The Balaban J connectivity index is 1.61. The number of imidazole rings is 1. The lowest BCUT2D eigenvalue weighted by atomic mass is 10.3. The van der Waals surface area contributed by atoms with Crippen LogP contribution in [0.15, 0.2) is 23.6 Å². The van der Waals surface area contributed by atoms with E-state index in [4.69, 9.17) is 5.73 Å². The molecule has 3 N–H and O–H groups in total. The van der Waals surface area contributed by atoms with Crippen molar-refractivity contribution < 1.29 is 9.18 Å². The number of carbonyl (C=O) groups is 1. The molecule has 0 aliphatic carbocycles. The van der Waals surface area contributed by atoms with Crippen molar-refractivity contribution >= 4 is 28.3 Å². The van der Waals surface area contributed by atoms with E-state index in [2.05, 4.69) is 15.3 Å². The molecule has 0 aliphatic rings. The number of hydrogen-bond donors (Lipinski definition) is 2. The average molecular weight is 347 g/mol. The van der Waals surface area contributed by atoms with Gasteiger partial charge in [0, 0.05) is 37.9 Å². The van der Waals surface area contributed by atoms with Crippen molar-refractivity contribution in [3.63, 3.8) is 0 Å². The lowest BCUT2D eigenvalue weighted by molar-refractivity contribution is 0.0949. The second kappa shape index (κ2) is 7.06. The fourth-order valence-corrected chi connectivity index (χ4v) is 3.27. The number of benzene rings is 1. The number of nitrogens with one attached hydrogen (secondary N) is 1. The quantitative estimate of drug-likeness (QED) is 0.710. The minimum atomic E-state index is -0.308. The number of rotatable bonds is 6. The highest BCUT2D eigenvalue weighted by Gasteiger charge is 2.12. The summed E-state index contributed by atoms with van der Waals surface area (Å²) in [7, 11) is 1.88. The fourth-order valence-electron chi connectivity index (χ4n) is 2.48. The first-order valence-electron chi connectivity index (χ1n) is 7.62. The van der Waals surface area contributed by atoms with E-state index < -0.39 is 0 Å². The van der Waals surface area contributed by atoms with Gasteiger partial charge in [-0.15, -0.1) is 11.3 Å². The number of carbonyl (C=O) groups excluding carboxylic acids is 1. The number of fused-ring (bicyclic) bond motifs is 1. The summed E-state index contributed by atoms with van der Waals surface area (Å²) >= 11 is 1.44. The molecule has 1 aromatic carbocycles. The first-order chi connectivity index (χ1) is 11.6. The zero-order valence-corrected chi connectivity index (χ0v) is 14.1. The maximum Gasteiger partial charge on any atom is 0.270 e. The molecule has 0 aliphatic heterocycles. The highest BCUT2D eigenvalue weighted by atomic mass is 32.1. The van der Waals surface area contributed by atoms with Crippen LogP contribution in [0.3, 0.4) is 0 Å². The van der Waals surface area contributed by atoms with Crippen LogP contribution < -0.4 is 11.1 Å². The number of hydrogen-bond acceptors (Lipinski definition) is 5. The van der Waals surface area contributed by atoms with E-state index >= 15 is 0 Å². The van der Waals surface area contributed by atoms with Crippen molar-refractivity contribution in [1.82, 2.24) is 19.9 Å². The number of halogens is 1. The van der Waals surface area contributed by atoms with E-state index in [0.717, 1.165) is 16.3 Å². The van der Waals surface area contributed by atoms with E-state index in [1.165, 1.54) is 23.5 Å². The van der Waals surface area contributed by atoms with Crippen molar-refractivity contribution in [1.29, 1.82) is 0 Å². The molecular formula is C16H18FN5OS. The monoisotopic (exact) mass is 347 g/mol. The Hall–Kier alpha value is -2.32. The molecule has 0 bridgehead atoms. The van der Waals surface area contributed by atoms with Crippen molar-refractivity contribution in [3.8, 4) is 0 Å². The Morgan fingerprint density at radius 1 is 1.38 bits per heavy atom. The maximum atomic E-state index is 13.3. The van der Waals surface area contributed by atoms with Gasteiger partial charge in [-0.2, -0.15) is 0 Å². The van der Waals surface area contributed by atoms with Gasteiger partial charge in [0.2, 0.25) is 0 Å². The molecule has 0 radical (unpaired) electrons. The summed E-state index contributed by atoms with van der Waals surface area (Å²) in [5.41, 5.74) is 7.37. The van der Waals surface area contributed by atoms with E-state index in [1.54, 1.807) is 11.4 Å². The summed E-state index contributed by atoms with van der Waals surface area (Å²) in [6.07, 6.45) is 1.23. The molecule has 126 valence electrons. The number of aryl methyl sites for hydroxylation is 1. The van der Waals surface area contributed by atoms with Crippen LogP contribution in [0.25, 0.3) is 11.0 Å². The summed E-state index contributed by atoms with van der Waals surface area (Å²) in [6, 6.07) is 4.52. The van der Waals surface area contributed by atoms with E-state index in [1.807, 2.05) is 11.6 Å². The highest BCUT2D eigenvalue weighted by molar-refractivity contribution is 7.09. The number of nitrogens with two attached hydrogens (primary N) is 1. The Morgan fingerprint density at radius 2 is 2.21 bits per heavy atom. The maximum absolute atomic E-state index is 13.3. The second-order valence-corrected chi connectivity index (χ2v) is 6.33. The van der Waals surface area contributed by atoms with Crippen molar-refractivity contribution in [3.05, 3.63) is 45.9 Å². The minimum Gasteiger partial charge on any atom is -0.350 e. The topological polar surface area (TPSA) is 85.8 Å². The summed E-state index contributed by atoms with van der Waals surface area (Å²) in [5.74, 6) is 0.273. The van der Waals surface area contributed by atoms with Crippen molar-refractivity contribution in [2.24, 2.45) is 12.8 Å². The normalized spacial score (nSPS) is 11.1. The summed E-state index contributed by atoms with van der Waals surface area (Å²) < 4.78 is 15.2. The molecule has 8 heteroatoms. The van der Waals surface area contributed by atoms with Crippen LogP contribution in [-0.4, -0.2) is 33.5 Å². The average Bonchev–Trinajstić information content (AvgIpc) is 3.13. The lowest BCUT2D eigenvalue weighted by Gasteiger charge is -2.04. The third kappa shape index (κ3) is 3.44. The zero-order chi connectivity index (χ0) is 17.1. The molecule has 0 spiro atoms. The Labute approximate surface area is 142 Å². The molecule has 6 nitrogen and oxygen atoms in total. The van der Waals surface area contributed by atoms with Gasteiger partial charge in [-0.3, -0.25) is 4.79 Å². The Bertz CT molecular complexity index is 873. The number of amides is 1. The van der Waals surface area contributed by atoms with Crippen LogP contribution >= 0.6 is 11.3 Å². The largest absolute Gasteiger partial charge is 0.350 e. The molecule has 3 aromatic rings. The van der Waals surface area contributed by atoms with Gasteiger partial charge in [-0.1, -0.05) is 0 Å². The molecule has 2 heterocycles. The van der Waals surface area contributed by atoms with Crippen molar-refractivity contribution in [2.75, 3.05) is 13.1 Å². The zero-order valence-electron chi connectivity index (χ0n) is 13.3. The van der Waals surface area contributed by atoms with Crippen LogP contribution in [0.5, 0.6) is 0 Å². The predicted molar refractivity (Wildman–Crippen MR) is 91.6 cm³/mol. The van der Waals surface area contributed by atoms with Gasteiger partial charge >= 0.3 is 0 Å². The molecule has 0 saturated heterocycles. The van der Waals surface area contributed by atoms with Crippen LogP contribution in [0, 0.1) is 5.82 Å². The molecule has 3 rings (SSSR count). The SMILES string of the molecule is Cn1c(CCNC(=O)c2csc(CCN)n2)nc2cc(F)ccc21. The second-order valence-electron chi connectivity index (χ2n) is 5.39. The van der Waals surface area contributed by atoms with Gasteiger partial charge in [0.1, 0.15) is 17.3 Å².